The Morgan fingerprint density at radius 1 is 1.38 bits per heavy atom. The van der Waals surface area contributed by atoms with Crippen LogP contribution in [0.25, 0.3) is 0 Å². The number of nitrogens with zero attached hydrogens (tertiary/aromatic N) is 3. The van der Waals surface area contributed by atoms with Crippen LogP contribution in [0.15, 0.2) is 28.7 Å². The van der Waals surface area contributed by atoms with E-state index in [4.69, 9.17) is 0 Å². The third-order valence-electron chi connectivity index (χ3n) is 3.13. The molecule has 0 aliphatic heterocycles. The molecular formula is C16H23FIN5S. The normalized spacial score (nSPS) is 11.3. The Labute approximate surface area is 163 Å². The van der Waals surface area contributed by atoms with Gasteiger partial charge in [0.2, 0.25) is 0 Å². The lowest BCUT2D eigenvalue weighted by Gasteiger charge is -2.10. The lowest BCUT2D eigenvalue weighted by atomic mass is 10.2. The molecule has 0 atom stereocenters. The van der Waals surface area contributed by atoms with Crippen LogP contribution in [0.1, 0.15) is 43.1 Å². The Morgan fingerprint density at radius 3 is 2.79 bits per heavy atom. The minimum atomic E-state index is -0.339. The first-order valence-electron chi connectivity index (χ1n) is 7.66. The summed E-state index contributed by atoms with van der Waals surface area (Å²) in [6, 6.07) is 2.96. The van der Waals surface area contributed by atoms with E-state index in [1.165, 1.54) is 6.07 Å². The van der Waals surface area contributed by atoms with Crippen molar-refractivity contribution in [3.63, 3.8) is 0 Å². The molecule has 0 amide bonds. The van der Waals surface area contributed by atoms with Crippen molar-refractivity contribution < 1.29 is 4.39 Å². The van der Waals surface area contributed by atoms with E-state index < -0.39 is 0 Å². The average molecular weight is 463 g/mol. The lowest BCUT2D eigenvalue weighted by molar-refractivity contribution is 0.599. The second-order valence-electron chi connectivity index (χ2n) is 5.30. The number of rotatable bonds is 6. The number of thiazole rings is 1. The molecule has 8 heteroatoms. The van der Waals surface area contributed by atoms with Crippen LogP contribution in [0.2, 0.25) is 0 Å². The van der Waals surface area contributed by atoms with Crippen LogP contribution in [-0.2, 0) is 13.1 Å². The second kappa shape index (κ2) is 10.5. The Morgan fingerprint density at radius 2 is 2.17 bits per heavy atom. The maximum atomic E-state index is 13.6. The topological polar surface area (TPSA) is 62.2 Å². The van der Waals surface area contributed by atoms with Crippen molar-refractivity contribution in [1.82, 2.24) is 20.6 Å². The zero-order chi connectivity index (χ0) is 16.7. The molecule has 0 fully saturated rings. The van der Waals surface area contributed by atoms with Crippen molar-refractivity contribution in [2.24, 2.45) is 4.99 Å². The molecule has 2 N–H and O–H groups in total. The summed E-state index contributed by atoms with van der Waals surface area (Å²) in [5.41, 5.74) is 1.44. The highest BCUT2D eigenvalue weighted by molar-refractivity contribution is 14.0. The van der Waals surface area contributed by atoms with Gasteiger partial charge in [0.25, 0.3) is 0 Å². The molecule has 0 aromatic carbocycles. The van der Waals surface area contributed by atoms with E-state index >= 15 is 0 Å². The number of guanidine groups is 1. The Kier molecular flexibility index (Phi) is 9.12. The van der Waals surface area contributed by atoms with Crippen molar-refractivity contribution in [2.75, 3.05) is 6.54 Å². The molecule has 2 aromatic rings. The molecular weight excluding hydrogens is 440 g/mol. The van der Waals surface area contributed by atoms with Gasteiger partial charge in [-0.2, -0.15) is 0 Å². The minimum Gasteiger partial charge on any atom is -0.357 e. The number of aliphatic imine (C=N–C) groups is 1. The SMILES string of the molecule is CCNC(=NCc1ncccc1F)NCc1nc(C(C)C)cs1.I. The molecule has 0 aliphatic carbocycles. The van der Waals surface area contributed by atoms with Crippen LogP contribution in [0.3, 0.4) is 0 Å². The fourth-order valence-corrected chi connectivity index (χ4v) is 2.76. The quantitative estimate of drug-likeness (QED) is 0.390. The molecule has 0 saturated heterocycles. The largest absolute Gasteiger partial charge is 0.357 e. The number of aromatic nitrogens is 2. The molecule has 2 heterocycles. The summed E-state index contributed by atoms with van der Waals surface area (Å²) in [6.45, 7) is 7.74. The van der Waals surface area contributed by atoms with Gasteiger partial charge in [0.1, 0.15) is 10.8 Å². The molecule has 0 radical (unpaired) electrons. The van der Waals surface area contributed by atoms with E-state index in [0.717, 1.165) is 17.2 Å². The highest BCUT2D eigenvalue weighted by Gasteiger charge is 2.07. The summed E-state index contributed by atoms with van der Waals surface area (Å²) in [5, 5.41) is 9.43. The zero-order valence-corrected chi connectivity index (χ0v) is 17.2. The Bertz CT molecular complexity index is 659. The summed E-state index contributed by atoms with van der Waals surface area (Å²) in [7, 11) is 0. The van der Waals surface area contributed by atoms with E-state index in [9.17, 15) is 4.39 Å². The molecule has 2 aromatic heterocycles. The first-order chi connectivity index (χ1) is 11.1. The third-order valence-corrected chi connectivity index (χ3v) is 4.00. The average Bonchev–Trinajstić information content (AvgIpc) is 3.00. The van der Waals surface area contributed by atoms with Gasteiger partial charge in [0, 0.05) is 18.1 Å². The summed E-state index contributed by atoms with van der Waals surface area (Å²) < 4.78 is 13.6. The summed E-state index contributed by atoms with van der Waals surface area (Å²) in [6.07, 6.45) is 1.57. The van der Waals surface area contributed by atoms with Gasteiger partial charge in [-0.1, -0.05) is 13.8 Å². The van der Waals surface area contributed by atoms with Crippen LogP contribution in [0.4, 0.5) is 4.39 Å². The van der Waals surface area contributed by atoms with Gasteiger partial charge in [0.05, 0.1) is 24.5 Å². The summed E-state index contributed by atoms with van der Waals surface area (Å²) in [4.78, 5) is 12.9. The van der Waals surface area contributed by atoms with Gasteiger partial charge in [-0.25, -0.2) is 14.4 Å². The van der Waals surface area contributed by atoms with Crippen molar-refractivity contribution in [3.05, 3.63) is 45.9 Å². The third kappa shape index (κ3) is 6.31. The summed E-state index contributed by atoms with van der Waals surface area (Å²) in [5.74, 6) is 0.710. The lowest BCUT2D eigenvalue weighted by Crippen LogP contribution is -2.36. The van der Waals surface area contributed by atoms with Crippen molar-refractivity contribution >= 4 is 41.3 Å². The minimum absolute atomic E-state index is 0. The van der Waals surface area contributed by atoms with Gasteiger partial charge in [-0.15, -0.1) is 35.3 Å². The van der Waals surface area contributed by atoms with Crippen LogP contribution < -0.4 is 10.6 Å². The standard InChI is InChI=1S/C16H22FN5S.HI/c1-4-18-16(20-8-13-12(17)6-5-7-19-13)21-9-15-22-14(10-23-15)11(2)3;/h5-7,10-11H,4,8-9H2,1-3H3,(H2,18,20,21);1H. The first-order valence-corrected chi connectivity index (χ1v) is 8.54. The molecule has 0 aliphatic rings. The number of halogens is 2. The molecule has 0 unspecified atom stereocenters. The molecule has 2 rings (SSSR count). The monoisotopic (exact) mass is 463 g/mol. The zero-order valence-electron chi connectivity index (χ0n) is 14.0. The predicted molar refractivity (Wildman–Crippen MR) is 107 cm³/mol. The van der Waals surface area contributed by atoms with E-state index in [2.05, 4.69) is 44.8 Å². The molecule has 5 nitrogen and oxygen atoms in total. The molecule has 132 valence electrons. The van der Waals surface area contributed by atoms with E-state index in [1.807, 2.05) is 6.92 Å². The van der Waals surface area contributed by atoms with Gasteiger partial charge in [0.15, 0.2) is 5.96 Å². The fourth-order valence-electron chi connectivity index (χ4n) is 1.86. The second-order valence-corrected chi connectivity index (χ2v) is 6.24. The number of hydrogen-bond acceptors (Lipinski definition) is 4. The fraction of sp³-hybridized carbons (Fsp3) is 0.438. The molecule has 0 saturated carbocycles. The maximum Gasteiger partial charge on any atom is 0.191 e. The Hall–Kier alpha value is -1.29. The summed E-state index contributed by atoms with van der Waals surface area (Å²) >= 11 is 1.63. The maximum absolute atomic E-state index is 13.6. The predicted octanol–water partition coefficient (Wildman–Crippen LogP) is 3.67. The van der Waals surface area contributed by atoms with Crippen LogP contribution in [0, 0.1) is 5.82 Å². The van der Waals surface area contributed by atoms with E-state index in [1.54, 1.807) is 23.6 Å². The van der Waals surface area contributed by atoms with E-state index in [-0.39, 0.29) is 36.3 Å². The highest BCUT2D eigenvalue weighted by atomic mass is 127. The number of pyridine rings is 1. The molecule has 24 heavy (non-hydrogen) atoms. The highest BCUT2D eigenvalue weighted by Crippen LogP contribution is 2.17. The number of hydrogen-bond donors (Lipinski definition) is 2. The number of nitrogens with one attached hydrogen (secondary N) is 2. The first kappa shape index (κ1) is 20.8. The van der Waals surface area contributed by atoms with Gasteiger partial charge in [-0.05, 0) is 25.0 Å². The van der Waals surface area contributed by atoms with Crippen LogP contribution in [-0.4, -0.2) is 22.5 Å². The van der Waals surface area contributed by atoms with Crippen LogP contribution in [0.5, 0.6) is 0 Å². The van der Waals surface area contributed by atoms with Gasteiger partial charge in [-0.3, -0.25) is 4.98 Å². The van der Waals surface area contributed by atoms with Crippen molar-refractivity contribution in [1.29, 1.82) is 0 Å². The molecule has 0 bridgehead atoms. The smallest absolute Gasteiger partial charge is 0.191 e. The van der Waals surface area contributed by atoms with Crippen LogP contribution >= 0.6 is 35.3 Å². The van der Waals surface area contributed by atoms with Gasteiger partial charge >= 0.3 is 0 Å². The van der Waals surface area contributed by atoms with Gasteiger partial charge < -0.3 is 10.6 Å². The van der Waals surface area contributed by atoms with Crippen molar-refractivity contribution in [2.45, 2.75) is 39.8 Å². The molecule has 0 spiro atoms. The Balaban J connectivity index is 0.00000288. The van der Waals surface area contributed by atoms with E-state index in [0.29, 0.717) is 24.1 Å². The van der Waals surface area contributed by atoms with Crippen molar-refractivity contribution in [3.8, 4) is 0 Å².